The molecule has 0 unspecified atom stereocenters. The molecule has 138 valence electrons. The Hall–Kier alpha value is -1.92. The minimum atomic E-state index is -0.534. The number of benzene rings is 1. The lowest BCUT2D eigenvalue weighted by molar-refractivity contribution is -0.157. The van der Waals surface area contributed by atoms with Crippen LogP contribution in [0.5, 0.6) is 5.75 Å². The van der Waals surface area contributed by atoms with E-state index in [4.69, 9.17) is 14.2 Å². The van der Waals surface area contributed by atoms with E-state index in [1.54, 1.807) is 12.1 Å². The minimum absolute atomic E-state index is 0.150. The number of nitrogens with zero attached hydrogens (tertiary/aromatic N) is 1. The third kappa shape index (κ3) is 7.67. The van der Waals surface area contributed by atoms with Crippen LogP contribution < -0.4 is 4.74 Å². The zero-order chi connectivity index (χ0) is 18.3. The van der Waals surface area contributed by atoms with Gasteiger partial charge in [0.2, 0.25) is 0 Å². The third-order valence-electron chi connectivity index (χ3n) is 3.58. The molecule has 6 nitrogen and oxygen atoms in total. The normalized spacial score (nSPS) is 15.6. The van der Waals surface area contributed by atoms with Crippen molar-refractivity contribution in [3.8, 4) is 5.75 Å². The Morgan fingerprint density at radius 1 is 1.20 bits per heavy atom. The van der Waals surface area contributed by atoms with Gasteiger partial charge in [-0.05, 0) is 38.5 Å². The smallest absolute Gasteiger partial charge is 0.344 e. The topological polar surface area (TPSA) is 65.1 Å². The van der Waals surface area contributed by atoms with Crippen LogP contribution >= 0.6 is 0 Å². The number of hydrogen-bond acceptors (Lipinski definition) is 6. The third-order valence-corrected chi connectivity index (χ3v) is 3.58. The van der Waals surface area contributed by atoms with Crippen LogP contribution in [0.3, 0.4) is 0 Å². The molecular weight excluding hydrogens is 322 g/mol. The molecule has 0 N–H and O–H groups in total. The van der Waals surface area contributed by atoms with Crippen LogP contribution in [0.15, 0.2) is 24.3 Å². The monoisotopic (exact) mass is 349 g/mol. The average molecular weight is 349 g/mol. The first-order valence-electron chi connectivity index (χ1n) is 8.57. The van der Waals surface area contributed by atoms with Gasteiger partial charge in [-0.1, -0.05) is 12.1 Å². The molecular formula is C19H27NO5. The van der Waals surface area contributed by atoms with E-state index in [1.165, 1.54) is 0 Å². The van der Waals surface area contributed by atoms with Gasteiger partial charge in [0.05, 0.1) is 19.8 Å². The Balaban J connectivity index is 1.81. The van der Waals surface area contributed by atoms with Crippen LogP contribution in [-0.4, -0.2) is 61.7 Å². The van der Waals surface area contributed by atoms with E-state index in [1.807, 2.05) is 32.9 Å². The van der Waals surface area contributed by atoms with Gasteiger partial charge in [-0.3, -0.25) is 9.69 Å². The maximum atomic E-state index is 12.2. The van der Waals surface area contributed by atoms with Gasteiger partial charge in [0.25, 0.3) is 0 Å². The Morgan fingerprint density at radius 2 is 1.92 bits per heavy atom. The molecule has 0 aliphatic carbocycles. The Morgan fingerprint density at radius 3 is 2.60 bits per heavy atom. The fourth-order valence-corrected chi connectivity index (χ4v) is 2.55. The predicted octanol–water partition coefficient (Wildman–Crippen LogP) is 1.85. The summed E-state index contributed by atoms with van der Waals surface area (Å²) in [5, 5.41) is 0. The second-order valence-electron chi connectivity index (χ2n) is 7.13. The molecule has 1 aliphatic heterocycles. The van der Waals surface area contributed by atoms with E-state index in [-0.39, 0.29) is 12.4 Å². The first-order chi connectivity index (χ1) is 11.8. The predicted molar refractivity (Wildman–Crippen MR) is 93.8 cm³/mol. The van der Waals surface area contributed by atoms with E-state index >= 15 is 0 Å². The zero-order valence-corrected chi connectivity index (χ0v) is 15.2. The molecule has 1 aromatic rings. The maximum absolute atomic E-state index is 12.2. The minimum Gasteiger partial charge on any atom is -0.482 e. The van der Waals surface area contributed by atoms with Crippen LogP contribution in [-0.2, 0) is 25.5 Å². The summed E-state index contributed by atoms with van der Waals surface area (Å²) in [6, 6.07) is 7.27. The van der Waals surface area contributed by atoms with Crippen molar-refractivity contribution in [3.63, 3.8) is 0 Å². The molecule has 0 amide bonds. The summed E-state index contributed by atoms with van der Waals surface area (Å²) in [5.74, 6) is 0.301. The molecule has 0 atom stereocenters. The lowest BCUT2D eigenvalue weighted by atomic mass is 10.1. The van der Waals surface area contributed by atoms with Crippen molar-refractivity contribution in [2.45, 2.75) is 32.8 Å². The summed E-state index contributed by atoms with van der Waals surface area (Å²) >= 11 is 0. The lowest BCUT2D eigenvalue weighted by Gasteiger charge is -2.25. The number of carbonyl (C=O) groups excluding carboxylic acids is 2. The number of ether oxygens (including phenoxy) is 3. The van der Waals surface area contributed by atoms with Gasteiger partial charge in [0.1, 0.15) is 11.4 Å². The van der Waals surface area contributed by atoms with Crippen molar-refractivity contribution in [2.75, 3.05) is 39.5 Å². The van der Waals surface area contributed by atoms with E-state index in [0.29, 0.717) is 31.9 Å². The standard InChI is InChI=1S/C19H27NO5/c1-19(2,3)25-18(22)14-24-17-6-4-5-15(12-17)11-16(21)13-20-7-9-23-10-8-20/h4-6,12H,7-11,13-14H2,1-3H3. The molecule has 1 aromatic carbocycles. The summed E-state index contributed by atoms with van der Waals surface area (Å²) in [5.41, 5.74) is 0.341. The summed E-state index contributed by atoms with van der Waals surface area (Å²) in [7, 11) is 0. The number of ketones is 1. The van der Waals surface area contributed by atoms with Gasteiger partial charge in [-0.15, -0.1) is 0 Å². The van der Waals surface area contributed by atoms with Gasteiger partial charge in [-0.2, -0.15) is 0 Å². The van der Waals surface area contributed by atoms with Gasteiger partial charge in [0.15, 0.2) is 12.4 Å². The molecule has 1 fully saturated rings. The highest BCUT2D eigenvalue weighted by atomic mass is 16.6. The zero-order valence-electron chi connectivity index (χ0n) is 15.2. The van der Waals surface area contributed by atoms with Crippen molar-refractivity contribution in [1.29, 1.82) is 0 Å². The van der Waals surface area contributed by atoms with Crippen LogP contribution in [0.1, 0.15) is 26.3 Å². The molecule has 0 aromatic heterocycles. The summed E-state index contributed by atoms with van der Waals surface area (Å²) < 4.78 is 16.0. The number of esters is 1. The van der Waals surface area contributed by atoms with E-state index in [2.05, 4.69) is 4.90 Å². The molecule has 6 heteroatoms. The summed E-state index contributed by atoms with van der Waals surface area (Å²) in [4.78, 5) is 26.0. The van der Waals surface area contributed by atoms with E-state index in [9.17, 15) is 9.59 Å². The Bertz CT molecular complexity index is 588. The molecule has 1 heterocycles. The Labute approximate surface area is 149 Å². The second-order valence-corrected chi connectivity index (χ2v) is 7.13. The molecule has 25 heavy (non-hydrogen) atoms. The van der Waals surface area contributed by atoms with Crippen LogP contribution in [0.4, 0.5) is 0 Å². The van der Waals surface area contributed by atoms with E-state index in [0.717, 1.165) is 18.7 Å². The van der Waals surface area contributed by atoms with E-state index < -0.39 is 11.6 Å². The highest BCUT2D eigenvalue weighted by molar-refractivity contribution is 5.82. The SMILES string of the molecule is CC(C)(C)OC(=O)COc1cccc(CC(=O)CN2CCOCC2)c1. The summed E-state index contributed by atoms with van der Waals surface area (Å²) in [6.45, 7) is 8.68. The highest BCUT2D eigenvalue weighted by Crippen LogP contribution is 2.15. The molecule has 2 rings (SSSR count). The van der Waals surface area contributed by atoms with Crippen LogP contribution in [0, 0.1) is 0 Å². The fraction of sp³-hybridized carbons (Fsp3) is 0.579. The molecule has 1 aliphatic rings. The molecule has 0 saturated carbocycles. The van der Waals surface area contributed by atoms with Crippen molar-refractivity contribution < 1.29 is 23.8 Å². The maximum Gasteiger partial charge on any atom is 0.344 e. The molecule has 0 spiro atoms. The largest absolute Gasteiger partial charge is 0.482 e. The van der Waals surface area contributed by atoms with Crippen molar-refractivity contribution in [2.24, 2.45) is 0 Å². The second kappa shape index (κ2) is 8.97. The van der Waals surface area contributed by atoms with Gasteiger partial charge < -0.3 is 14.2 Å². The van der Waals surface area contributed by atoms with Gasteiger partial charge in [0, 0.05) is 19.5 Å². The number of Topliss-reactive ketones (excluding diaryl/α,β-unsaturated/α-hetero) is 1. The van der Waals surface area contributed by atoms with Crippen LogP contribution in [0.25, 0.3) is 0 Å². The van der Waals surface area contributed by atoms with Gasteiger partial charge >= 0.3 is 5.97 Å². The number of carbonyl (C=O) groups is 2. The lowest BCUT2D eigenvalue weighted by Crippen LogP contribution is -2.39. The molecule has 1 saturated heterocycles. The number of rotatable bonds is 7. The number of hydrogen-bond donors (Lipinski definition) is 0. The quantitative estimate of drug-likeness (QED) is 0.700. The van der Waals surface area contributed by atoms with Crippen molar-refractivity contribution in [1.82, 2.24) is 4.90 Å². The molecule has 0 bridgehead atoms. The Kier molecular flexibility index (Phi) is 6.96. The number of morpholine rings is 1. The average Bonchev–Trinajstić information content (AvgIpc) is 2.52. The van der Waals surface area contributed by atoms with Crippen molar-refractivity contribution >= 4 is 11.8 Å². The molecule has 0 radical (unpaired) electrons. The van der Waals surface area contributed by atoms with Crippen LogP contribution in [0.2, 0.25) is 0 Å². The summed E-state index contributed by atoms with van der Waals surface area (Å²) in [6.07, 6.45) is 0.348. The first kappa shape index (κ1) is 19.4. The van der Waals surface area contributed by atoms with Gasteiger partial charge in [-0.25, -0.2) is 4.79 Å². The van der Waals surface area contributed by atoms with Crippen molar-refractivity contribution in [3.05, 3.63) is 29.8 Å². The highest BCUT2D eigenvalue weighted by Gasteiger charge is 2.17. The fourth-order valence-electron chi connectivity index (χ4n) is 2.55. The first-order valence-corrected chi connectivity index (χ1v) is 8.57.